The number of fused-ring (bicyclic) bond motifs is 1. The number of benzene rings is 1. The summed E-state index contributed by atoms with van der Waals surface area (Å²) in [6.07, 6.45) is 1.73. The van der Waals surface area contributed by atoms with Gasteiger partial charge in [0, 0.05) is 24.1 Å². The topological polar surface area (TPSA) is 94.3 Å². The van der Waals surface area contributed by atoms with Gasteiger partial charge in [0.25, 0.3) is 0 Å². The highest BCUT2D eigenvalue weighted by Gasteiger charge is 2.19. The molecule has 1 aliphatic heterocycles. The van der Waals surface area contributed by atoms with E-state index in [9.17, 15) is 0 Å². The maximum Gasteiger partial charge on any atom is 0.222 e. The SMILES string of the molecule is COc1ccc(OC)c([C@H](C)Nc2nc(N)nc3c2CCNCC3)c1. The fourth-order valence-electron chi connectivity index (χ4n) is 3.14. The molecule has 0 fully saturated rings. The summed E-state index contributed by atoms with van der Waals surface area (Å²) in [5, 5.41) is 6.87. The van der Waals surface area contributed by atoms with E-state index in [0.717, 1.165) is 60.1 Å². The summed E-state index contributed by atoms with van der Waals surface area (Å²) in [5.74, 6) is 2.68. The fourth-order valence-corrected chi connectivity index (χ4v) is 3.14. The number of methoxy groups -OCH3 is 2. The molecular formula is C18H25N5O2. The average Bonchev–Trinajstić information content (AvgIpc) is 2.86. The first-order valence-electron chi connectivity index (χ1n) is 8.46. The summed E-state index contributed by atoms with van der Waals surface area (Å²) in [4.78, 5) is 8.86. The summed E-state index contributed by atoms with van der Waals surface area (Å²) < 4.78 is 10.8. The van der Waals surface area contributed by atoms with Crippen LogP contribution in [0.2, 0.25) is 0 Å². The Morgan fingerprint density at radius 1 is 1.16 bits per heavy atom. The number of aromatic nitrogens is 2. The number of nitrogens with one attached hydrogen (secondary N) is 2. The maximum absolute atomic E-state index is 5.92. The van der Waals surface area contributed by atoms with E-state index in [1.54, 1.807) is 14.2 Å². The third kappa shape index (κ3) is 3.76. The molecule has 0 spiro atoms. The molecule has 1 aliphatic rings. The molecular weight excluding hydrogens is 318 g/mol. The molecule has 0 bridgehead atoms. The molecule has 0 amide bonds. The van der Waals surface area contributed by atoms with Gasteiger partial charge < -0.3 is 25.8 Å². The molecule has 134 valence electrons. The number of nitrogens with two attached hydrogens (primary N) is 1. The van der Waals surface area contributed by atoms with Gasteiger partial charge in [0.1, 0.15) is 17.3 Å². The standard InChI is InChI=1S/C18H25N5O2/c1-11(14-10-12(24-2)4-5-16(14)25-3)21-17-13-6-8-20-9-7-15(13)22-18(19)23-17/h4-5,10-11,20H,6-9H2,1-3H3,(H3,19,21,22,23)/t11-/m0/s1. The van der Waals surface area contributed by atoms with Gasteiger partial charge in [0.2, 0.25) is 5.95 Å². The van der Waals surface area contributed by atoms with E-state index < -0.39 is 0 Å². The Morgan fingerprint density at radius 3 is 2.72 bits per heavy atom. The van der Waals surface area contributed by atoms with Crippen LogP contribution in [0.1, 0.15) is 29.8 Å². The Morgan fingerprint density at radius 2 is 1.96 bits per heavy atom. The number of ether oxygens (including phenoxy) is 2. The predicted molar refractivity (Wildman–Crippen MR) is 98.3 cm³/mol. The van der Waals surface area contributed by atoms with Crippen molar-refractivity contribution >= 4 is 11.8 Å². The van der Waals surface area contributed by atoms with Crippen molar-refractivity contribution in [2.75, 3.05) is 38.4 Å². The van der Waals surface area contributed by atoms with Crippen molar-refractivity contribution in [2.24, 2.45) is 0 Å². The molecule has 25 heavy (non-hydrogen) atoms. The molecule has 1 aromatic heterocycles. The van der Waals surface area contributed by atoms with Crippen LogP contribution in [0.25, 0.3) is 0 Å². The zero-order valence-corrected chi connectivity index (χ0v) is 14.9. The van der Waals surface area contributed by atoms with Gasteiger partial charge >= 0.3 is 0 Å². The Hall–Kier alpha value is -2.54. The number of rotatable bonds is 5. The van der Waals surface area contributed by atoms with Crippen molar-refractivity contribution < 1.29 is 9.47 Å². The Balaban J connectivity index is 1.93. The molecule has 4 N–H and O–H groups in total. The van der Waals surface area contributed by atoms with Crippen LogP contribution >= 0.6 is 0 Å². The highest BCUT2D eigenvalue weighted by molar-refractivity contribution is 5.53. The number of hydrogen-bond donors (Lipinski definition) is 3. The van der Waals surface area contributed by atoms with Gasteiger partial charge in [0.15, 0.2) is 0 Å². The largest absolute Gasteiger partial charge is 0.497 e. The van der Waals surface area contributed by atoms with E-state index in [0.29, 0.717) is 5.95 Å². The first kappa shape index (κ1) is 17.3. The smallest absolute Gasteiger partial charge is 0.222 e. The second kappa shape index (κ2) is 7.57. The quantitative estimate of drug-likeness (QED) is 0.764. The molecule has 7 heteroatoms. The van der Waals surface area contributed by atoms with E-state index in [4.69, 9.17) is 15.2 Å². The van der Waals surface area contributed by atoms with Crippen molar-refractivity contribution in [3.63, 3.8) is 0 Å². The molecule has 0 saturated carbocycles. The van der Waals surface area contributed by atoms with Gasteiger partial charge in [0.05, 0.1) is 26.0 Å². The van der Waals surface area contributed by atoms with Crippen LogP contribution in [-0.4, -0.2) is 37.3 Å². The lowest BCUT2D eigenvalue weighted by molar-refractivity contribution is 0.397. The summed E-state index contributed by atoms with van der Waals surface area (Å²) in [6, 6.07) is 5.74. The number of anilines is 2. The lowest BCUT2D eigenvalue weighted by atomic mass is 10.1. The zero-order chi connectivity index (χ0) is 17.8. The lowest BCUT2D eigenvalue weighted by Crippen LogP contribution is -2.16. The van der Waals surface area contributed by atoms with E-state index in [2.05, 4.69) is 27.5 Å². The van der Waals surface area contributed by atoms with Crippen LogP contribution in [0.3, 0.4) is 0 Å². The third-order valence-corrected chi connectivity index (χ3v) is 4.46. The van der Waals surface area contributed by atoms with Crippen LogP contribution in [0.5, 0.6) is 11.5 Å². The Labute approximate surface area is 148 Å². The summed E-state index contributed by atoms with van der Waals surface area (Å²) in [7, 11) is 3.32. The van der Waals surface area contributed by atoms with Crippen molar-refractivity contribution in [3.05, 3.63) is 35.0 Å². The highest BCUT2D eigenvalue weighted by Crippen LogP contribution is 2.32. The molecule has 2 heterocycles. The minimum Gasteiger partial charge on any atom is -0.497 e. The summed E-state index contributed by atoms with van der Waals surface area (Å²) in [5.41, 5.74) is 9.07. The van der Waals surface area contributed by atoms with Crippen LogP contribution in [0.4, 0.5) is 11.8 Å². The maximum atomic E-state index is 5.92. The molecule has 7 nitrogen and oxygen atoms in total. The first-order valence-corrected chi connectivity index (χ1v) is 8.46. The monoisotopic (exact) mass is 343 g/mol. The molecule has 0 unspecified atom stereocenters. The van der Waals surface area contributed by atoms with Gasteiger partial charge in [-0.15, -0.1) is 0 Å². The molecule has 3 rings (SSSR count). The van der Waals surface area contributed by atoms with Crippen molar-refractivity contribution in [1.29, 1.82) is 0 Å². The highest BCUT2D eigenvalue weighted by atomic mass is 16.5. The van der Waals surface area contributed by atoms with E-state index in [1.807, 2.05) is 18.2 Å². The molecule has 2 aromatic rings. The Kier molecular flexibility index (Phi) is 5.23. The van der Waals surface area contributed by atoms with Crippen LogP contribution in [-0.2, 0) is 12.8 Å². The fraction of sp³-hybridized carbons (Fsp3) is 0.444. The van der Waals surface area contributed by atoms with Crippen LogP contribution < -0.4 is 25.8 Å². The number of nitrogen functional groups attached to an aromatic ring is 1. The van der Waals surface area contributed by atoms with Gasteiger partial charge in [-0.3, -0.25) is 0 Å². The summed E-state index contributed by atoms with van der Waals surface area (Å²) >= 11 is 0. The van der Waals surface area contributed by atoms with Gasteiger partial charge in [-0.2, -0.15) is 4.98 Å². The third-order valence-electron chi connectivity index (χ3n) is 4.46. The first-order chi connectivity index (χ1) is 12.1. The van der Waals surface area contributed by atoms with Gasteiger partial charge in [-0.05, 0) is 38.1 Å². The second-order valence-electron chi connectivity index (χ2n) is 6.08. The van der Waals surface area contributed by atoms with Crippen molar-refractivity contribution in [2.45, 2.75) is 25.8 Å². The van der Waals surface area contributed by atoms with Crippen molar-refractivity contribution in [1.82, 2.24) is 15.3 Å². The van der Waals surface area contributed by atoms with Crippen LogP contribution in [0.15, 0.2) is 18.2 Å². The molecule has 1 atom stereocenters. The second-order valence-corrected chi connectivity index (χ2v) is 6.08. The minimum atomic E-state index is -0.0281. The molecule has 0 radical (unpaired) electrons. The lowest BCUT2D eigenvalue weighted by Gasteiger charge is -2.21. The van der Waals surface area contributed by atoms with E-state index in [1.165, 1.54) is 0 Å². The van der Waals surface area contributed by atoms with Crippen molar-refractivity contribution in [3.8, 4) is 11.5 Å². The number of nitrogens with zero attached hydrogens (tertiary/aromatic N) is 2. The van der Waals surface area contributed by atoms with Gasteiger partial charge in [-0.25, -0.2) is 4.98 Å². The number of hydrogen-bond acceptors (Lipinski definition) is 7. The predicted octanol–water partition coefficient (Wildman–Crippen LogP) is 1.94. The summed E-state index contributed by atoms with van der Waals surface area (Å²) in [6.45, 7) is 3.88. The van der Waals surface area contributed by atoms with Gasteiger partial charge in [-0.1, -0.05) is 0 Å². The normalized spacial score (nSPS) is 15.0. The molecule has 1 aromatic carbocycles. The zero-order valence-electron chi connectivity index (χ0n) is 14.9. The molecule has 0 saturated heterocycles. The minimum absolute atomic E-state index is 0.0281. The average molecular weight is 343 g/mol. The molecule has 0 aliphatic carbocycles. The Bertz CT molecular complexity index is 750. The van der Waals surface area contributed by atoms with Crippen LogP contribution in [0, 0.1) is 0 Å². The van der Waals surface area contributed by atoms with E-state index in [-0.39, 0.29) is 6.04 Å². The van der Waals surface area contributed by atoms with E-state index >= 15 is 0 Å².